The average molecular weight is 210 g/mol. The Morgan fingerprint density at radius 1 is 1.43 bits per heavy atom. The number of aryl methyl sites for hydroxylation is 1. The molecule has 2 rings (SSSR count). The monoisotopic (exact) mass is 210 g/mol. The Balaban J connectivity index is 2.71. The van der Waals surface area contributed by atoms with Gasteiger partial charge in [-0.05, 0) is 13.0 Å². The average Bonchev–Trinajstić information content (AvgIpc) is 2.45. The number of hydrogen-bond donors (Lipinski definition) is 2. The van der Waals surface area contributed by atoms with Crippen molar-refractivity contribution in [2.45, 2.75) is 6.92 Å². The topological polar surface area (TPSA) is 57.8 Å². The molecule has 0 unspecified atom stereocenters. The van der Waals surface area contributed by atoms with Crippen LogP contribution in [0.3, 0.4) is 0 Å². The Morgan fingerprint density at radius 3 is 2.79 bits per heavy atom. The van der Waals surface area contributed by atoms with Crippen LogP contribution in [0.5, 0.6) is 0 Å². The van der Waals surface area contributed by atoms with Crippen molar-refractivity contribution in [3.63, 3.8) is 0 Å². The summed E-state index contributed by atoms with van der Waals surface area (Å²) >= 11 is 5.91. The zero-order valence-corrected chi connectivity index (χ0v) is 8.23. The molecule has 2 heterocycles. The fourth-order valence-corrected chi connectivity index (χ4v) is 1.61. The third-order valence-corrected chi connectivity index (χ3v) is 2.22. The molecule has 6 heteroatoms. The number of imidazole rings is 1. The molecule has 0 radical (unpaired) electrons. The lowest BCUT2D eigenvalue weighted by molar-refractivity contribution is 0.425. The number of hydrogen-bond acceptors (Lipinski definition) is 3. The van der Waals surface area contributed by atoms with E-state index in [4.69, 9.17) is 21.6 Å². The van der Waals surface area contributed by atoms with Gasteiger partial charge in [-0.1, -0.05) is 11.6 Å². The molecule has 0 aliphatic rings. The van der Waals surface area contributed by atoms with Gasteiger partial charge in [0.25, 0.3) is 0 Å². The van der Waals surface area contributed by atoms with Crippen molar-refractivity contribution >= 4 is 29.8 Å². The molecule has 0 spiro atoms. The molecule has 0 aliphatic heterocycles. The second kappa shape index (κ2) is 3.27. The van der Waals surface area contributed by atoms with E-state index < -0.39 is 7.12 Å². The fraction of sp³-hybridized carbons (Fsp3) is 0.125. The van der Waals surface area contributed by atoms with Crippen LogP contribution in [0.15, 0.2) is 18.5 Å². The minimum atomic E-state index is -1.51. The van der Waals surface area contributed by atoms with Crippen molar-refractivity contribution in [2.75, 3.05) is 0 Å². The molecule has 0 fully saturated rings. The molecular weight excluding hydrogens is 202 g/mol. The van der Waals surface area contributed by atoms with Gasteiger partial charge in [-0.3, -0.25) is 0 Å². The van der Waals surface area contributed by atoms with Gasteiger partial charge in [0, 0.05) is 17.9 Å². The molecule has 0 aromatic carbocycles. The Kier molecular flexibility index (Phi) is 2.22. The van der Waals surface area contributed by atoms with E-state index in [-0.39, 0.29) is 0 Å². The molecule has 0 atom stereocenters. The van der Waals surface area contributed by atoms with Gasteiger partial charge < -0.3 is 14.4 Å². The van der Waals surface area contributed by atoms with E-state index in [9.17, 15) is 0 Å². The molecule has 2 aromatic rings. The van der Waals surface area contributed by atoms with Crippen molar-refractivity contribution in [3.05, 3.63) is 29.2 Å². The number of aromatic nitrogens is 2. The van der Waals surface area contributed by atoms with Crippen LogP contribution >= 0.6 is 11.6 Å². The van der Waals surface area contributed by atoms with Crippen molar-refractivity contribution in [3.8, 4) is 0 Å². The lowest BCUT2D eigenvalue weighted by Crippen LogP contribution is -2.30. The van der Waals surface area contributed by atoms with Gasteiger partial charge in [-0.25, -0.2) is 4.98 Å². The summed E-state index contributed by atoms with van der Waals surface area (Å²) in [7, 11) is -1.51. The van der Waals surface area contributed by atoms with Crippen LogP contribution in [0.25, 0.3) is 5.65 Å². The van der Waals surface area contributed by atoms with E-state index in [1.807, 2.05) is 6.92 Å². The smallest absolute Gasteiger partial charge is 0.423 e. The van der Waals surface area contributed by atoms with Gasteiger partial charge in [0.15, 0.2) is 5.65 Å². The summed E-state index contributed by atoms with van der Waals surface area (Å²) < 4.78 is 1.67. The van der Waals surface area contributed by atoms with Gasteiger partial charge in [0.05, 0.1) is 10.7 Å². The number of rotatable bonds is 1. The van der Waals surface area contributed by atoms with Crippen LogP contribution in [0, 0.1) is 6.92 Å². The highest BCUT2D eigenvalue weighted by molar-refractivity contribution is 6.59. The van der Waals surface area contributed by atoms with E-state index in [1.165, 1.54) is 6.07 Å². The molecule has 2 N–H and O–H groups in total. The summed E-state index contributed by atoms with van der Waals surface area (Å²) in [6.07, 6.45) is 3.36. The van der Waals surface area contributed by atoms with Crippen LogP contribution in [0.4, 0.5) is 0 Å². The lowest BCUT2D eigenvalue weighted by atomic mass is 9.82. The highest BCUT2D eigenvalue weighted by atomic mass is 35.5. The molecule has 0 saturated carbocycles. The van der Waals surface area contributed by atoms with Crippen molar-refractivity contribution in [1.82, 2.24) is 9.38 Å². The van der Waals surface area contributed by atoms with Gasteiger partial charge in [0.2, 0.25) is 0 Å². The second-order valence-corrected chi connectivity index (χ2v) is 3.52. The van der Waals surface area contributed by atoms with Crippen molar-refractivity contribution in [2.24, 2.45) is 0 Å². The first-order chi connectivity index (χ1) is 6.58. The van der Waals surface area contributed by atoms with Crippen LogP contribution in [-0.2, 0) is 0 Å². The maximum atomic E-state index is 8.98. The highest BCUT2D eigenvalue weighted by Gasteiger charge is 2.14. The van der Waals surface area contributed by atoms with Gasteiger partial charge in [-0.15, -0.1) is 0 Å². The number of fused-ring (bicyclic) bond motifs is 1. The number of nitrogens with zero attached hydrogens (tertiary/aromatic N) is 2. The summed E-state index contributed by atoms with van der Waals surface area (Å²) in [5.74, 6) is 0. The maximum Gasteiger partial charge on any atom is 0.490 e. The predicted octanol–water partition coefficient (Wildman–Crippen LogP) is -0.0241. The molecular formula is C8H8BClN2O2. The first-order valence-electron chi connectivity index (χ1n) is 4.09. The normalized spacial score (nSPS) is 10.9. The zero-order chi connectivity index (χ0) is 10.3. The van der Waals surface area contributed by atoms with Gasteiger partial charge >= 0.3 is 7.12 Å². The lowest BCUT2D eigenvalue weighted by Gasteiger charge is -2.02. The largest absolute Gasteiger partial charge is 0.490 e. The highest BCUT2D eigenvalue weighted by Crippen LogP contribution is 2.14. The Bertz CT molecular complexity index is 483. The summed E-state index contributed by atoms with van der Waals surface area (Å²) in [6.45, 7) is 1.85. The molecule has 0 amide bonds. The molecule has 4 nitrogen and oxygen atoms in total. The molecule has 0 bridgehead atoms. The molecule has 2 aromatic heterocycles. The van der Waals surface area contributed by atoms with E-state index in [2.05, 4.69) is 4.98 Å². The minimum absolute atomic E-state index is 0.347. The van der Waals surface area contributed by atoms with Crippen LogP contribution < -0.4 is 5.46 Å². The molecule has 72 valence electrons. The predicted molar refractivity (Wildman–Crippen MR) is 54.8 cm³/mol. The number of pyridine rings is 1. The SMILES string of the molecule is Cc1cn2cc(B(O)O)cc(Cl)c2n1. The molecule has 14 heavy (non-hydrogen) atoms. The zero-order valence-electron chi connectivity index (χ0n) is 7.48. The number of halogens is 1. The summed E-state index contributed by atoms with van der Waals surface area (Å²) in [5, 5.41) is 18.4. The van der Waals surface area contributed by atoms with E-state index in [1.54, 1.807) is 16.8 Å². The third kappa shape index (κ3) is 1.50. The summed E-state index contributed by atoms with van der Waals surface area (Å²) in [6, 6.07) is 1.49. The van der Waals surface area contributed by atoms with Gasteiger partial charge in [-0.2, -0.15) is 0 Å². The van der Waals surface area contributed by atoms with Gasteiger partial charge in [0.1, 0.15) is 0 Å². The van der Waals surface area contributed by atoms with E-state index in [0.29, 0.717) is 16.1 Å². The summed E-state index contributed by atoms with van der Waals surface area (Å²) in [4.78, 5) is 4.18. The molecule has 0 aliphatic carbocycles. The fourth-order valence-electron chi connectivity index (χ4n) is 1.34. The van der Waals surface area contributed by atoms with E-state index >= 15 is 0 Å². The van der Waals surface area contributed by atoms with Crippen molar-refractivity contribution in [1.29, 1.82) is 0 Å². The van der Waals surface area contributed by atoms with Crippen LogP contribution in [0.1, 0.15) is 5.69 Å². The van der Waals surface area contributed by atoms with Crippen molar-refractivity contribution < 1.29 is 10.0 Å². The first kappa shape index (κ1) is 9.52. The standard InChI is InChI=1S/C8H8BClN2O2/c1-5-3-12-4-6(9(13)14)2-7(10)8(12)11-5/h2-4,13-14H,1H3. The Labute approximate surface area is 85.9 Å². The maximum absolute atomic E-state index is 8.98. The first-order valence-corrected chi connectivity index (χ1v) is 4.46. The quantitative estimate of drug-likeness (QED) is 0.650. The third-order valence-electron chi connectivity index (χ3n) is 1.95. The van der Waals surface area contributed by atoms with E-state index in [0.717, 1.165) is 5.69 Å². The van der Waals surface area contributed by atoms with Crippen LogP contribution in [-0.4, -0.2) is 26.6 Å². The van der Waals surface area contributed by atoms with Crippen LogP contribution in [0.2, 0.25) is 5.02 Å². The Hall–Kier alpha value is -1.04. The second-order valence-electron chi connectivity index (χ2n) is 3.11. The summed E-state index contributed by atoms with van der Waals surface area (Å²) in [5.41, 5.74) is 1.80. The Morgan fingerprint density at radius 2 is 2.14 bits per heavy atom. The minimum Gasteiger partial charge on any atom is -0.423 e. The molecule has 0 saturated heterocycles.